The van der Waals surface area contributed by atoms with E-state index in [4.69, 9.17) is 25.8 Å². The van der Waals surface area contributed by atoms with Crippen molar-refractivity contribution in [3.8, 4) is 11.5 Å². The molecular weight excluding hydrogens is 602 g/mol. The predicted molar refractivity (Wildman–Crippen MR) is 173 cm³/mol. The van der Waals surface area contributed by atoms with Gasteiger partial charge in [-0.25, -0.2) is 8.42 Å². The highest BCUT2D eigenvalue weighted by Crippen LogP contribution is 2.40. The Hall–Kier alpha value is -2.37. The Morgan fingerprint density at radius 1 is 1.00 bits per heavy atom. The van der Waals surface area contributed by atoms with Crippen molar-refractivity contribution in [1.82, 2.24) is 14.5 Å². The molecule has 2 aromatic carbocycles. The molecule has 2 unspecified atom stereocenters. The molecule has 1 aliphatic heterocycles. The Morgan fingerprint density at radius 3 is 2.36 bits per heavy atom. The molecule has 2 aromatic rings. The normalized spacial score (nSPS) is 22.0. The highest BCUT2D eigenvalue weighted by Gasteiger charge is 2.34. The molecule has 2 fully saturated rings. The number of benzene rings is 2. The predicted octanol–water partition coefficient (Wildman–Crippen LogP) is 5.53. The first-order valence-corrected chi connectivity index (χ1v) is 17.5. The van der Waals surface area contributed by atoms with E-state index >= 15 is 0 Å². The van der Waals surface area contributed by atoms with Crippen LogP contribution < -0.4 is 14.8 Å². The maximum Gasteiger partial charge on any atom is 0.245 e. The minimum absolute atomic E-state index is 0.0842. The number of sulfonamides is 1. The number of piperidine rings is 1. The van der Waals surface area contributed by atoms with Gasteiger partial charge in [0.25, 0.3) is 0 Å². The summed E-state index contributed by atoms with van der Waals surface area (Å²) in [4.78, 5) is 15.0. The number of hydrogen-bond acceptors (Lipinski definition) is 7. The molecule has 2 aliphatic rings. The molecule has 0 radical (unpaired) electrons. The van der Waals surface area contributed by atoms with Crippen LogP contribution in [-0.4, -0.2) is 84.2 Å². The van der Waals surface area contributed by atoms with E-state index in [9.17, 15) is 13.2 Å². The molecule has 0 aromatic heterocycles. The molecule has 1 heterocycles. The summed E-state index contributed by atoms with van der Waals surface area (Å²) in [5.41, 5.74) is 1.31. The molecule has 44 heavy (non-hydrogen) atoms. The van der Waals surface area contributed by atoms with Crippen LogP contribution in [0.2, 0.25) is 5.02 Å². The summed E-state index contributed by atoms with van der Waals surface area (Å²) in [5.74, 6) is 1.85. The zero-order valence-corrected chi connectivity index (χ0v) is 28.0. The molecule has 1 amide bonds. The highest BCUT2D eigenvalue weighted by atomic mass is 35.5. The van der Waals surface area contributed by atoms with Gasteiger partial charge in [0.2, 0.25) is 15.9 Å². The van der Waals surface area contributed by atoms with Gasteiger partial charge in [0.05, 0.1) is 25.7 Å². The lowest BCUT2D eigenvalue weighted by atomic mass is 9.75. The number of nitrogens with zero attached hydrogens (tertiary/aromatic N) is 2. The van der Waals surface area contributed by atoms with Crippen molar-refractivity contribution in [2.24, 2.45) is 11.8 Å². The Balaban J connectivity index is 1.19. The second-order valence-electron chi connectivity index (χ2n) is 12.2. The summed E-state index contributed by atoms with van der Waals surface area (Å²) in [6, 6.07) is 12.9. The second kappa shape index (κ2) is 16.3. The maximum atomic E-state index is 13.5. The van der Waals surface area contributed by atoms with Crippen LogP contribution in [-0.2, 0) is 19.6 Å². The quantitative estimate of drug-likeness (QED) is 0.287. The third kappa shape index (κ3) is 8.88. The monoisotopic (exact) mass is 649 g/mol. The molecule has 1 saturated heterocycles. The topological polar surface area (TPSA) is 97.4 Å². The lowest BCUT2D eigenvalue weighted by Crippen LogP contribution is -2.46. The second-order valence-corrected chi connectivity index (χ2v) is 14.5. The molecule has 0 spiro atoms. The first-order valence-electron chi connectivity index (χ1n) is 15.6. The fraction of sp³-hybridized carbons (Fsp3) is 0.606. The highest BCUT2D eigenvalue weighted by molar-refractivity contribution is 7.89. The number of hydrogen-bond donors (Lipinski definition) is 1. The molecule has 4 rings (SSSR count). The minimum Gasteiger partial charge on any atom is -0.493 e. The molecule has 244 valence electrons. The SMILES string of the molecule is COc1ccc(S(=O)(=O)N2CCCCC2COCC(=O)NCCC2CCC(C(c3ccc(Cl)cc3)N(C)C)CC2)cc1OC. The first-order chi connectivity index (χ1) is 21.1. The smallest absolute Gasteiger partial charge is 0.245 e. The van der Waals surface area contributed by atoms with Crippen LogP contribution in [0.15, 0.2) is 47.4 Å². The average molecular weight is 650 g/mol. The van der Waals surface area contributed by atoms with E-state index in [1.807, 2.05) is 12.1 Å². The van der Waals surface area contributed by atoms with Crippen LogP contribution in [0.4, 0.5) is 0 Å². The van der Waals surface area contributed by atoms with E-state index < -0.39 is 10.0 Å². The molecule has 1 N–H and O–H groups in total. The van der Waals surface area contributed by atoms with Gasteiger partial charge in [-0.3, -0.25) is 4.79 Å². The Bertz CT molecular complexity index is 1320. The molecule has 0 bridgehead atoms. The summed E-state index contributed by atoms with van der Waals surface area (Å²) < 4.78 is 44.8. The lowest BCUT2D eigenvalue weighted by Gasteiger charge is -2.37. The van der Waals surface area contributed by atoms with E-state index in [0.717, 1.165) is 50.0 Å². The van der Waals surface area contributed by atoms with Crippen LogP contribution in [0.5, 0.6) is 11.5 Å². The van der Waals surface area contributed by atoms with Gasteiger partial charge in [-0.2, -0.15) is 4.31 Å². The van der Waals surface area contributed by atoms with Gasteiger partial charge in [-0.15, -0.1) is 0 Å². The summed E-state index contributed by atoms with van der Waals surface area (Å²) in [7, 11) is 3.51. The molecular formula is C33H48ClN3O6S. The third-order valence-corrected chi connectivity index (χ3v) is 11.3. The van der Waals surface area contributed by atoms with E-state index in [2.05, 4.69) is 36.4 Å². The van der Waals surface area contributed by atoms with Gasteiger partial charge in [-0.1, -0.05) is 43.0 Å². The fourth-order valence-corrected chi connectivity index (χ4v) is 8.59. The number of carbonyl (C=O) groups is 1. The van der Waals surface area contributed by atoms with Gasteiger partial charge in [-0.05, 0) is 87.9 Å². The summed E-state index contributed by atoms with van der Waals surface area (Å²) in [6.07, 6.45) is 7.96. The van der Waals surface area contributed by atoms with Crippen molar-refractivity contribution in [2.75, 3.05) is 54.6 Å². The van der Waals surface area contributed by atoms with Crippen molar-refractivity contribution in [3.63, 3.8) is 0 Å². The van der Waals surface area contributed by atoms with Gasteiger partial charge in [0.15, 0.2) is 11.5 Å². The fourth-order valence-electron chi connectivity index (χ4n) is 6.77. The van der Waals surface area contributed by atoms with Crippen molar-refractivity contribution in [3.05, 3.63) is 53.1 Å². The summed E-state index contributed by atoms with van der Waals surface area (Å²) in [6.45, 7) is 1.12. The number of nitrogens with one attached hydrogen (secondary N) is 1. The van der Waals surface area contributed by atoms with Crippen LogP contribution in [0, 0.1) is 11.8 Å². The van der Waals surface area contributed by atoms with Crippen LogP contribution >= 0.6 is 11.6 Å². The lowest BCUT2D eigenvalue weighted by molar-refractivity contribution is -0.126. The van der Waals surface area contributed by atoms with Crippen LogP contribution in [0.3, 0.4) is 0 Å². The van der Waals surface area contributed by atoms with Gasteiger partial charge < -0.3 is 24.4 Å². The van der Waals surface area contributed by atoms with E-state index in [0.29, 0.717) is 48.9 Å². The van der Waals surface area contributed by atoms with E-state index in [-0.39, 0.29) is 30.1 Å². The molecule has 1 saturated carbocycles. The number of carbonyl (C=O) groups excluding carboxylic acids is 1. The first kappa shape index (κ1) is 34.5. The number of methoxy groups -OCH3 is 2. The van der Waals surface area contributed by atoms with Crippen molar-refractivity contribution in [1.29, 1.82) is 0 Å². The number of rotatable bonds is 14. The Morgan fingerprint density at radius 2 is 1.70 bits per heavy atom. The van der Waals surface area contributed by atoms with E-state index in [1.54, 1.807) is 6.07 Å². The molecule has 11 heteroatoms. The zero-order chi connectivity index (χ0) is 31.7. The number of amides is 1. The summed E-state index contributed by atoms with van der Waals surface area (Å²) >= 11 is 6.11. The Labute approximate surface area is 268 Å². The maximum absolute atomic E-state index is 13.5. The standard InChI is InChI=1S/C33H48ClN3O6S/c1-36(2)33(26-12-14-27(34)15-13-26)25-10-8-24(9-11-25)18-19-35-32(38)23-43-22-28-7-5-6-20-37(28)44(39,40)29-16-17-30(41-3)31(21-29)42-4/h12-17,21,24-25,28,33H,5-11,18-20,22-23H2,1-4H3,(H,35,38). The van der Waals surface area contributed by atoms with Gasteiger partial charge in [0.1, 0.15) is 6.61 Å². The van der Waals surface area contributed by atoms with Gasteiger partial charge in [0, 0.05) is 36.3 Å². The van der Waals surface area contributed by atoms with Crippen molar-refractivity contribution in [2.45, 2.75) is 68.3 Å². The average Bonchev–Trinajstić information content (AvgIpc) is 3.02. The van der Waals surface area contributed by atoms with Crippen molar-refractivity contribution >= 4 is 27.5 Å². The number of ether oxygens (including phenoxy) is 3. The third-order valence-electron chi connectivity index (χ3n) is 9.06. The zero-order valence-electron chi connectivity index (χ0n) is 26.5. The van der Waals surface area contributed by atoms with E-state index in [1.165, 1.54) is 36.2 Å². The largest absolute Gasteiger partial charge is 0.493 e. The molecule has 9 nitrogen and oxygen atoms in total. The van der Waals surface area contributed by atoms with Crippen LogP contribution in [0.1, 0.15) is 63.0 Å². The minimum atomic E-state index is -3.77. The van der Waals surface area contributed by atoms with Gasteiger partial charge >= 0.3 is 0 Å². The van der Waals surface area contributed by atoms with Crippen LogP contribution in [0.25, 0.3) is 0 Å². The van der Waals surface area contributed by atoms with Crippen molar-refractivity contribution < 1.29 is 27.4 Å². The molecule has 2 atom stereocenters. The Kier molecular flexibility index (Phi) is 12.8. The summed E-state index contributed by atoms with van der Waals surface area (Å²) in [5, 5.41) is 3.76. The molecule has 1 aliphatic carbocycles. The number of halogens is 1.